The van der Waals surface area contributed by atoms with Crippen molar-refractivity contribution in [3.05, 3.63) is 101 Å². The fourth-order valence-electron chi connectivity index (χ4n) is 4.83. The molecule has 1 heterocycles. The van der Waals surface area contributed by atoms with E-state index in [0.29, 0.717) is 18.7 Å². The number of hydrogen-bond donors (Lipinski definition) is 8. The molecule has 278 valence electrons. The van der Waals surface area contributed by atoms with E-state index in [9.17, 15) is 24.3 Å². The summed E-state index contributed by atoms with van der Waals surface area (Å²) in [5, 5.41) is 20.9. The number of nitrogens with one attached hydrogen (secondary N) is 4. The van der Waals surface area contributed by atoms with Crippen molar-refractivity contribution in [1.29, 1.82) is 0 Å². The summed E-state index contributed by atoms with van der Waals surface area (Å²) in [7, 11) is 0. The van der Waals surface area contributed by atoms with Crippen LogP contribution in [0.1, 0.15) is 52.7 Å². The SMILES string of the molecule is Cc1ccc(CNc2nc(Nc3ccc(C(=O)N[C@@H](CCCN=C(N)N)C(=O)N[C@@H](CCC(N)=O)C(=O)O)cc3)nc(OCc3ccccc3)n2)cc1. The Morgan fingerprint density at radius 3 is 2.17 bits per heavy atom. The maximum Gasteiger partial charge on any atom is 0.326 e. The zero-order valence-corrected chi connectivity index (χ0v) is 29.1. The number of rotatable bonds is 20. The maximum atomic E-state index is 13.3. The number of primary amides is 1. The number of nitrogens with zero attached hydrogens (tertiary/aromatic N) is 4. The van der Waals surface area contributed by atoms with Crippen LogP contribution in [0.15, 0.2) is 83.9 Å². The first-order chi connectivity index (χ1) is 25.4. The van der Waals surface area contributed by atoms with E-state index in [1.165, 1.54) is 12.1 Å². The third-order valence-electron chi connectivity index (χ3n) is 7.66. The first-order valence-corrected chi connectivity index (χ1v) is 16.7. The van der Waals surface area contributed by atoms with E-state index >= 15 is 0 Å². The molecule has 0 aliphatic rings. The van der Waals surface area contributed by atoms with Gasteiger partial charge in [0.15, 0.2) is 5.96 Å². The molecule has 0 spiro atoms. The first kappa shape index (κ1) is 39.0. The monoisotopic (exact) mass is 725 g/mol. The van der Waals surface area contributed by atoms with Gasteiger partial charge in [0.05, 0.1) is 0 Å². The minimum atomic E-state index is -1.39. The minimum Gasteiger partial charge on any atom is -0.480 e. The molecule has 0 aliphatic carbocycles. The predicted molar refractivity (Wildman–Crippen MR) is 198 cm³/mol. The van der Waals surface area contributed by atoms with Gasteiger partial charge in [-0.25, -0.2) is 4.79 Å². The van der Waals surface area contributed by atoms with Crippen molar-refractivity contribution in [2.75, 3.05) is 17.2 Å². The Labute approximate surface area is 305 Å². The number of aliphatic carboxylic acids is 1. The van der Waals surface area contributed by atoms with Crippen LogP contribution < -0.4 is 43.2 Å². The van der Waals surface area contributed by atoms with E-state index in [2.05, 4.69) is 41.2 Å². The molecular weight excluding hydrogens is 682 g/mol. The molecule has 0 saturated heterocycles. The summed E-state index contributed by atoms with van der Waals surface area (Å²) in [5.74, 6) is -3.08. The quantitative estimate of drug-likeness (QED) is 0.0369. The Hall–Kier alpha value is -6.78. The molecule has 53 heavy (non-hydrogen) atoms. The number of amides is 3. The average molecular weight is 726 g/mol. The van der Waals surface area contributed by atoms with E-state index in [0.717, 1.165) is 16.7 Å². The van der Waals surface area contributed by atoms with Gasteiger partial charge in [-0.15, -0.1) is 0 Å². The van der Waals surface area contributed by atoms with Crippen LogP contribution in [-0.4, -0.2) is 68.3 Å². The molecule has 0 unspecified atom stereocenters. The van der Waals surface area contributed by atoms with Gasteiger partial charge in [-0.1, -0.05) is 60.2 Å². The van der Waals surface area contributed by atoms with E-state index in [-0.39, 0.29) is 61.8 Å². The van der Waals surface area contributed by atoms with Crippen molar-refractivity contribution < 1.29 is 29.0 Å². The lowest BCUT2D eigenvalue weighted by molar-refractivity contribution is -0.142. The third-order valence-corrected chi connectivity index (χ3v) is 7.66. The summed E-state index contributed by atoms with van der Waals surface area (Å²) in [6.07, 6.45) is -0.0872. The number of aryl methyl sites for hydroxylation is 1. The van der Waals surface area contributed by atoms with Crippen molar-refractivity contribution in [3.63, 3.8) is 0 Å². The van der Waals surface area contributed by atoms with Crippen LogP contribution in [0.3, 0.4) is 0 Å². The molecule has 1 aromatic heterocycles. The standard InChI is InChI=1S/C36H43N11O6/c1-22-9-11-23(12-10-22)20-41-34-45-35(47-36(46-34)53-21-24-6-3-2-4-7-24)42-26-15-13-25(14-16-26)30(49)43-27(8-5-19-40-33(38)39)31(50)44-28(32(51)52)17-18-29(37)48/h2-4,6-7,9-16,27-28H,5,8,17-21H2,1H3,(H2,37,48)(H,43,49)(H,44,50)(H,51,52)(H4,38,39,40)(H2,41,42,45,46,47)/t27-,28-/m0/s1. The Balaban J connectivity index is 1.46. The van der Waals surface area contributed by atoms with E-state index in [1.807, 2.05) is 61.5 Å². The second kappa shape index (κ2) is 19.6. The molecule has 3 aromatic carbocycles. The lowest BCUT2D eigenvalue weighted by Gasteiger charge is -2.21. The zero-order chi connectivity index (χ0) is 38.2. The predicted octanol–water partition coefficient (Wildman–Crippen LogP) is 2.10. The van der Waals surface area contributed by atoms with Crippen LogP contribution in [0, 0.1) is 6.92 Å². The van der Waals surface area contributed by atoms with Crippen LogP contribution in [0.5, 0.6) is 6.01 Å². The van der Waals surface area contributed by atoms with Gasteiger partial charge < -0.3 is 48.3 Å². The van der Waals surface area contributed by atoms with Gasteiger partial charge in [-0.2, -0.15) is 15.0 Å². The molecule has 0 aliphatic heterocycles. The largest absolute Gasteiger partial charge is 0.480 e. The van der Waals surface area contributed by atoms with Crippen LogP contribution in [0.4, 0.5) is 17.6 Å². The summed E-state index contributed by atoms with van der Waals surface area (Å²) in [6, 6.07) is 21.5. The highest BCUT2D eigenvalue weighted by atomic mass is 16.5. The molecule has 0 bridgehead atoms. The number of carboxylic acid groups (broad SMARTS) is 1. The number of carbonyl (C=O) groups excluding carboxylic acids is 3. The maximum absolute atomic E-state index is 13.3. The number of nitrogens with two attached hydrogens (primary N) is 3. The summed E-state index contributed by atoms with van der Waals surface area (Å²) >= 11 is 0. The lowest BCUT2D eigenvalue weighted by atomic mass is 10.1. The highest BCUT2D eigenvalue weighted by molar-refractivity contribution is 5.98. The molecule has 11 N–H and O–H groups in total. The number of hydrogen-bond acceptors (Lipinski definition) is 11. The molecule has 17 heteroatoms. The van der Waals surface area contributed by atoms with Crippen molar-refractivity contribution >= 4 is 47.2 Å². The summed E-state index contributed by atoms with van der Waals surface area (Å²) in [6.45, 7) is 2.89. The molecule has 0 fully saturated rings. The molecule has 17 nitrogen and oxygen atoms in total. The Morgan fingerprint density at radius 2 is 1.51 bits per heavy atom. The van der Waals surface area contributed by atoms with Crippen LogP contribution >= 0.6 is 0 Å². The summed E-state index contributed by atoms with van der Waals surface area (Å²) in [5.41, 5.74) is 19.8. The number of carboxylic acids is 1. The van der Waals surface area contributed by atoms with E-state index in [1.54, 1.807) is 12.1 Å². The van der Waals surface area contributed by atoms with Crippen LogP contribution in [-0.2, 0) is 27.5 Å². The normalized spacial score (nSPS) is 11.7. The van der Waals surface area contributed by atoms with Gasteiger partial charge in [0.1, 0.15) is 18.7 Å². The van der Waals surface area contributed by atoms with Gasteiger partial charge in [0, 0.05) is 30.8 Å². The zero-order valence-electron chi connectivity index (χ0n) is 29.1. The second-order valence-corrected chi connectivity index (χ2v) is 12.0. The fourth-order valence-corrected chi connectivity index (χ4v) is 4.83. The molecule has 2 atom stereocenters. The summed E-state index contributed by atoms with van der Waals surface area (Å²) < 4.78 is 5.89. The molecule has 4 rings (SSSR count). The van der Waals surface area contributed by atoms with Gasteiger partial charge in [-0.05, 0) is 61.6 Å². The van der Waals surface area contributed by atoms with Crippen LogP contribution in [0.2, 0.25) is 0 Å². The van der Waals surface area contributed by atoms with Crippen molar-refractivity contribution in [3.8, 4) is 6.01 Å². The number of aromatic nitrogens is 3. The van der Waals surface area contributed by atoms with Gasteiger partial charge >= 0.3 is 12.0 Å². The van der Waals surface area contributed by atoms with Gasteiger partial charge in [-0.3, -0.25) is 19.4 Å². The number of benzene rings is 3. The van der Waals surface area contributed by atoms with Gasteiger partial charge in [0.25, 0.3) is 5.91 Å². The average Bonchev–Trinajstić information content (AvgIpc) is 3.13. The van der Waals surface area contributed by atoms with Gasteiger partial charge in [0.2, 0.25) is 23.7 Å². The molecular formula is C36H43N11O6. The highest BCUT2D eigenvalue weighted by Crippen LogP contribution is 2.19. The second-order valence-electron chi connectivity index (χ2n) is 12.0. The number of carbonyl (C=O) groups is 4. The van der Waals surface area contributed by atoms with Crippen molar-refractivity contribution in [2.45, 2.75) is 57.8 Å². The van der Waals surface area contributed by atoms with Crippen molar-refractivity contribution in [1.82, 2.24) is 25.6 Å². The smallest absolute Gasteiger partial charge is 0.326 e. The number of anilines is 3. The first-order valence-electron chi connectivity index (χ1n) is 16.7. The summed E-state index contributed by atoms with van der Waals surface area (Å²) in [4.78, 5) is 66.6. The highest BCUT2D eigenvalue weighted by Gasteiger charge is 2.27. The topological polar surface area (TPSA) is 275 Å². The van der Waals surface area contributed by atoms with Crippen LogP contribution in [0.25, 0.3) is 0 Å². The molecule has 0 saturated carbocycles. The van der Waals surface area contributed by atoms with E-state index in [4.69, 9.17) is 21.9 Å². The number of ether oxygens (including phenoxy) is 1. The third kappa shape index (κ3) is 13.5. The van der Waals surface area contributed by atoms with Crippen molar-refractivity contribution in [2.24, 2.45) is 22.2 Å². The molecule has 3 amide bonds. The minimum absolute atomic E-state index is 0.0878. The Bertz CT molecular complexity index is 1870. The molecule has 0 radical (unpaired) electrons. The molecule has 4 aromatic rings. The fraction of sp³-hybridized carbons (Fsp3) is 0.278. The Morgan fingerprint density at radius 1 is 0.811 bits per heavy atom. The lowest BCUT2D eigenvalue weighted by Crippen LogP contribution is -2.51. The number of aliphatic imine (C=N–C) groups is 1. The number of guanidine groups is 1. The van der Waals surface area contributed by atoms with E-state index < -0.39 is 35.8 Å². The Kier molecular flexibility index (Phi) is 14.4.